The van der Waals surface area contributed by atoms with E-state index in [0.29, 0.717) is 12.1 Å². The van der Waals surface area contributed by atoms with Crippen molar-refractivity contribution in [2.75, 3.05) is 19.6 Å². The average Bonchev–Trinajstić information content (AvgIpc) is 3.09. The summed E-state index contributed by atoms with van der Waals surface area (Å²) >= 11 is 0. The Hall–Kier alpha value is -3.88. The van der Waals surface area contributed by atoms with E-state index in [-0.39, 0.29) is 30.6 Å². The van der Waals surface area contributed by atoms with Crippen molar-refractivity contribution < 1.29 is 19.4 Å². The van der Waals surface area contributed by atoms with E-state index in [0.717, 1.165) is 53.0 Å². The summed E-state index contributed by atoms with van der Waals surface area (Å²) < 4.78 is 13.5. The topological polar surface area (TPSA) is 83.9 Å². The molecule has 0 spiro atoms. The van der Waals surface area contributed by atoms with Crippen molar-refractivity contribution in [3.8, 4) is 11.1 Å². The molecule has 3 heterocycles. The lowest BCUT2D eigenvalue weighted by molar-refractivity contribution is -0.276. The van der Waals surface area contributed by atoms with Crippen LogP contribution in [0, 0.1) is 5.92 Å². The maximum atomic E-state index is 12.5. The molecule has 228 valence electrons. The fourth-order valence-corrected chi connectivity index (χ4v) is 6.23. The van der Waals surface area contributed by atoms with Gasteiger partial charge in [-0.05, 0) is 78.0 Å². The van der Waals surface area contributed by atoms with E-state index in [9.17, 15) is 9.90 Å². The zero-order valence-electron chi connectivity index (χ0n) is 25.3. The molecule has 2 N–H and O–H groups in total. The molecular formula is C37H41N3O4. The Balaban J connectivity index is 1.22. The monoisotopic (exact) mass is 591 g/mol. The number of carbonyl (C=O) groups excluding carboxylic acids is 1. The number of likely N-dealkylation sites (tertiary alicyclic amines) is 1. The van der Waals surface area contributed by atoms with Gasteiger partial charge in [-0.25, -0.2) is 0 Å². The third kappa shape index (κ3) is 7.25. The van der Waals surface area contributed by atoms with Crippen LogP contribution in [-0.4, -0.2) is 46.6 Å². The highest BCUT2D eigenvalue weighted by Gasteiger charge is 2.39. The molecule has 0 bridgehead atoms. The maximum absolute atomic E-state index is 12.5. The van der Waals surface area contributed by atoms with E-state index in [1.807, 2.05) is 24.3 Å². The van der Waals surface area contributed by atoms with Crippen LogP contribution in [0.3, 0.4) is 0 Å². The Kier molecular flexibility index (Phi) is 9.78. The number of nitrogens with one attached hydrogen (secondary N) is 1. The van der Waals surface area contributed by atoms with Gasteiger partial charge < -0.3 is 24.8 Å². The van der Waals surface area contributed by atoms with E-state index in [4.69, 9.17) is 9.47 Å². The Morgan fingerprint density at radius 1 is 0.886 bits per heavy atom. The summed E-state index contributed by atoms with van der Waals surface area (Å²) in [7, 11) is 0. The number of carbonyl (C=O) groups is 1. The van der Waals surface area contributed by atoms with E-state index in [1.165, 1.54) is 19.3 Å². The number of ether oxygens (including phenoxy) is 2. The first kappa shape index (κ1) is 30.2. The van der Waals surface area contributed by atoms with Crippen LogP contribution >= 0.6 is 0 Å². The molecule has 4 aromatic rings. The van der Waals surface area contributed by atoms with Gasteiger partial charge in [-0.1, -0.05) is 74.0 Å². The van der Waals surface area contributed by atoms with E-state index < -0.39 is 6.29 Å². The van der Waals surface area contributed by atoms with Crippen LogP contribution in [-0.2, 0) is 22.6 Å². The molecule has 7 heteroatoms. The molecule has 7 nitrogen and oxygen atoms in total. The SMILES string of the molecule is C[C@@H]1[C@H](CN2CCCCC2)O[C@H](c2cccc(-c3cccc(CNC(=O)c4cccnc4)c3)c2)O[C@@H]1c1ccc(CO)cc1. The smallest absolute Gasteiger partial charge is 0.253 e. The number of aliphatic hydroxyl groups is 1. The first-order chi connectivity index (χ1) is 21.6. The minimum absolute atomic E-state index is 0.0183. The highest BCUT2D eigenvalue weighted by Crippen LogP contribution is 2.42. The average molecular weight is 592 g/mol. The molecule has 2 fully saturated rings. The van der Waals surface area contributed by atoms with Crippen LogP contribution in [0.5, 0.6) is 0 Å². The zero-order valence-corrected chi connectivity index (χ0v) is 25.3. The molecule has 0 aliphatic carbocycles. The first-order valence-electron chi connectivity index (χ1n) is 15.7. The minimum Gasteiger partial charge on any atom is -0.392 e. The van der Waals surface area contributed by atoms with Crippen LogP contribution in [0.4, 0.5) is 0 Å². The molecule has 2 aliphatic heterocycles. The van der Waals surface area contributed by atoms with Crippen LogP contribution in [0.1, 0.15) is 71.2 Å². The summed E-state index contributed by atoms with van der Waals surface area (Å²) in [4.78, 5) is 19.1. The molecule has 4 atom stereocenters. The van der Waals surface area contributed by atoms with Gasteiger partial charge in [0.1, 0.15) is 0 Å². The largest absolute Gasteiger partial charge is 0.392 e. The van der Waals surface area contributed by atoms with Gasteiger partial charge in [0.15, 0.2) is 6.29 Å². The molecule has 1 amide bonds. The Morgan fingerprint density at radius 2 is 1.66 bits per heavy atom. The van der Waals surface area contributed by atoms with Gasteiger partial charge in [0.25, 0.3) is 5.91 Å². The molecule has 44 heavy (non-hydrogen) atoms. The molecule has 0 radical (unpaired) electrons. The predicted octanol–water partition coefficient (Wildman–Crippen LogP) is 6.45. The van der Waals surface area contributed by atoms with Gasteiger partial charge >= 0.3 is 0 Å². The summed E-state index contributed by atoms with van der Waals surface area (Å²) in [6.45, 7) is 5.78. The Labute approximate surface area is 259 Å². The number of aliphatic hydroxyl groups excluding tert-OH is 1. The Bertz CT molecular complexity index is 1520. The van der Waals surface area contributed by atoms with Gasteiger partial charge in [0.05, 0.1) is 24.4 Å². The lowest BCUT2D eigenvalue weighted by atomic mass is 9.89. The second-order valence-corrected chi connectivity index (χ2v) is 11.9. The summed E-state index contributed by atoms with van der Waals surface area (Å²) in [5.41, 5.74) is 6.64. The normalized spacial score (nSPS) is 22.4. The number of amides is 1. The summed E-state index contributed by atoms with van der Waals surface area (Å²) in [5, 5.41) is 12.6. The Morgan fingerprint density at radius 3 is 2.41 bits per heavy atom. The number of pyridine rings is 1. The van der Waals surface area contributed by atoms with Gasteiger partial charge in [-0.3, -0.25) is 9.78 Å². The third-order valence-corrected chi connectivity index (χ3v) is 8.81. The van der Waals surface area contributed by atoms with Crippen LogP contribution in [0.2, 0.25) is 0 Å². The number of piperidine rings is 1. The lowest BCUT2D eigenvalue weighted by Gasteiger charge is -2.43. The van der Waals surface area contributed by atoms with Crippen LogP contribution in [0.25, 0.3) is 11.1 Å². The number of nitrogens with zero attached hydrogens (tertiary/aromatic N) is 2. The molecular weight excluding hydrogens is 550 g/mol. The second-order valence-electron chi connectivity index (χ2n) is 11.9. The predicted molar refractivity (Wildman–Crippen MR) is 171 cm³/mol. The van der Waals surface area contributed by atoms with Gasteiger partial charge in [-0.2, -0.15) is 0 Å². The molecule has 6 rings (SSSR count). The molecule has 2 aliphatic rings. The van der Waals surface area contributed by atoms with E-state index >= 15 is 0 Å². The van der Waals surface area contributed by atoms with E-state index in [1.54, 1.807) is 24.5 Å². The summed E-state index contributed by atoms with van der Waals surface area (Å²) in [6.07, 6.45) is 6.38. The highest BCUT2D eigenvalue weighted by molar-refractivity contribution is 5.93. The van der Waals surface area contributed by atoms with E-state index in [2.05, 4.69) is 70.7 Å². The number of hydrogen-bond acceptors (Lipinski definition) is 6. The summed E-state index contributed by atoms with van der Waals surface area (Å²) in [6, 6.07) is 28.2. The quantitative estimate of drug-likeness (QED) is 0.233. The van der Waals surface area contributed by atoms with Gasteiger partial charge in [0, 0.05) is 37.0 Å². The molecule has 0 unspecified atom stereocenters. The lowest BCUT2D eigenvalue weighted by Crippen LogP contribution is -2.45. The molecule has 1 aromatic heterocycles. The number of benzene rings is 3. The van der Waals surface area contributed by atoms with Crippen molar-refractivity contribution in [3.05, 3.63) is 125 Å². The van der Waals surface area contributed by atoms with Gasteiger partial charge in [0.2, 0.25) is 0 Å². The van der Waals surface area contributed by atoms with Crippen LogP contribution in [0.15, 0.2) is 97.3 Å². The minimum atomic E-state index is -0.509. The van der Waals surface area contributed by atoms with Gasteiger partial charge in [-0.15, -0.1) is 0 Å². The highest BCUT2D eigenvalue weighted by atomic mass is 16.7. The third-order valence-electron chi connectivity index (χ3n) is 8.81. The number of aromatic nitrogens is 1. The zero-order chi connectivity index (χ0) is 30.3. The number of rotatable bonds is 9. The van der Waals surface area contributed by atoms with Crippen molar-refractivity contribution in [2.24, 2.45) is 5.92 Å². The van der Waals surface area contributed by atoms with Crippen LogP contribution < -0.4 is 5.32 Å². The standard InChI is InChI=1S/C37H41N3O4/c1-26-34(24-40-18-3-2-4-19-40)43-37(44-35(26)29-15-13-27(25-41)14-16-29)32-11-6-10-31(21-32)30-9-5-8-28(20-30)22-39-36(42)33-12-7-17-38-23-33/h5-17,20-21,23,26,34-35,37,41H,2-4,18-19,22,24-25H2,1H3,(H,39,42)/t26-,34+,35+,37+/m1/s1. The van der Waals surface area contributed by atoms with Crippen molar-refractivity contribution in [3.63, 3.8) is 0 Å². The molecule has 0 saturated carbocycles. The fourth-order valence-electron chi connectivity index (χ4n) is 6.23. The molecule has 2 saturated heterocycles. The van der Waals surface area contributed by atoms with Crippen molar-refractivity contribution in [2.45, 2.75) is 57.8 Å². The first-order valence-corrected chi connectivity index (χ1v) is 15.7. The van der Waals surface area contributed by atoms with Crippen molar-refractivity contribution in [1.29, 1.82) is 0 Å². The number of hydrogen-bond donors (Lipinski definition) is 2. The fraction of sp³-hybridized carbons (Fsp3) is 0.351. The van der Waals surface area contributed by atoms with Crippen molar-refractivity contribution in [1.82, 2.24) is 15.2 Å². The summed E-state index contributed by atoms with van der Waals surface area (Å²) in [5.74, 6) is 0.0147. The van der Waals surface area contributed by atoms with Crippen molar-refractivity contribution >= 4 is 5.91 Å². The second kappa shape index (κ2) is 14.3. The maximum Gasteiger partial charge on any atom is 0.253 e. The molecule has 3 aromatic carbocycles.